The third-order valence-electron chi connectivity index (χ3n) is 3.59. The van der Waals surface area contributed by atoms with Crippen molar-refractivity contribution in [2.45, 2.75) is 19.5 Å². The third-order valence-corrected chi connectivity index (χ3v) is 3.59. The van der Waals surface area contributed by atoms with Crippen molar-refractivity contribution in [3.63, 3.8) is 0 Å². The van der Waals surface area contributed by atoms with Crippen molar-refractivity contribution in [3.05, 3.63) is 36.5 Å². The first-order valence-corrected chi connectivity index (χ1v) is 7.27. The number of rotatable bonds is 8. The van der Waals surface area contributed by atoms with Crippen LogP contribution >= 0.6 is 0 Å². The van der Waals surface area contributed by atoms with Gasteiger partial charge >= 0.3 is 0 Å². The first-order chi connectivity index (χ1) is 9.70. The Morgan fingerprint density at radius 2 is 2.10 bits per heavy atom. The molecule has 4 heteroatoms. The van der Waals surface area contributed by atoms with Gasteiger partial charge in [0.2, 0.25) is 0 Å². The highest BCUT2D eigenvalue weighted by atomic mass is 16.3. The van der Waals surface area contributed by atoms with Crippen LogP contribution in [0.4, 0.5) is 0 Å². The number of hydrogen-bond acceptors (Lipinski definition) is 3. The van der Waals surface area contributed by atoms with Gasteiger partial charge in [0.15, 0.2) is 0 Å². The van der Waals surface area contributed by atoms with E-state index in [1.54, 1.807) is 0 Å². The quantitative estimate of drug-likeness (QED) is 0.768. The number of fused-ring (bicyclic) bond motifs is 1. The van der Waals surface area contributed by atoms with Crippen LogP contribution in [-0.2, 0) is 6.54 Å². The fourth-order valence-corrected chi connectivity index (χ4v) is 2.56. The van der Waals surface area contributed by atoms with Gasteiger partial charge in [-0.25, -0.2) is 0 Å². The molecule has 2 aromatic rings. The number of para-hydroxylation sites is 1. The molecule has 1 unspecified atom stereocenters. The zero-order valence-electron chi connectivity index (χ0n) is 12.4. The highest BCUT2D eigenvalue weighted by Crippen LogP contribution is 2.14. The number of nitrogens with one attached hydrogen (secondary N) is 1. The van der Waals surface area contributed by atoms with Crippen LogP contribution in [-0.4, -0.2) is 53.9 Å². The van der Waals surface area contributed by atoms with Crippen LogP contribution in [0.1, 0.15) is 6.92 Å². The number of aliphatic hydroxyl groups is 1. The van der Waals surface area contributed by atoms with Gasteiger partial charge in [0.1, 0.15) is 0 Å². The van der Waals surface area contributed by atoms with E-state index >= 15 is 0 Å². The van der Waals surface area contributed by atoms with Gasteiger partial charge < -0.3 is 19.9 Å². The highest BCUT2D eigenvalue weighted by Gasteiger charge is 2.05. The molecule has 2 N–H and O–H groups in total. The van der Waals surface area contributed by atoms with Crippen LogP contribution < -0.4 is 5.32 Å². The van der Waals surface area contributed by atoms with Gasteiger partial charge in [-0.3, -0.25) is 0 Å². The van der Waals surface area contributed by atoms with Gasteiger partial charge in [-0.15, -0.1) is 0 Å². The predicted molar refractivity (Wildman–Crippen MR) is 84.0 cm³/mol. The smallest absolute Gasteiger partial charge is 0.0558 e. The molecule has 0 radical (unpaired) electrons. The molecule has 0 saturated heterocycles. The molecule has 1 heterocycles. The number of benzene rings is 1. The Morgan fingerprint density at radius 1 is 1.30 bits per heavy atom. The van der Waals surface area contributed by atoms with Crippen molar-refractivity contribution in [3.8, 4) is 0 Å². The lowest BCUT2D eigenvalue weighted by molar-refractivity contribution is 0.210. The summed E-state index contributed by atoms with van der Waals surface area (Å²) in [6.07, 6.45) is 2.15. The fourth-order valence-electron chi connectivity index (χ4n) is 2.56. The zero-order valence-corrected chi connectivity index (χ0v) is 12.4. The van der Waals surface area contributed by atoms with E-state index in [9.17, 15) is 0 Å². The summed E-state index contributed by atoms with van der Waals surface area (Å²) in [5, 5.41) is 13.7. The van der Waals surface area contributed by atoms with Crippen LogP contribution in [0.5, 0.6) is 0 Å². The Labute approximate surface area is 121 Å². The topological polar surface area (TPSA) is 40.4 Å². The molecule has 0 aliphatic rings. The SMILES string of the molecule is CC(CN(C)CCO)NCCn1ccc2ccccc21. The zero-order chi connectivity index (χ0) is 14.4. The third kappa shape index (κ3) is 4.07. The molecule has 0 spiro atoms. The molecule has 0 aliphatic carbocycles. The Morgan fingerprint density at radius 3 is 2.90 bits per heavy atom. The molecule has 0 fully saturated rings. The maximum absolute atomic E-state index is 8.89. The second-order valence-corrected chi connectivity index (χ2v) is 5.41. The van der Waals surface area contributed by atoms with Gasteiger partial charge in [0.05, 0.1) is 6.61 Å². The molecule has 1 aromatic carbocycles. The normalized spacial score (nSPS) is 13.2. The minimum Gasteiger partial charge on any atom is -0.395 e. The summed E-state index contributed by atoms with van der Waals surface area (Å²) < 4.78 is 2.28. The summed E-state index contributed by atoms with van der Waals surface area (Å²) in [5.41, 5.74) is 1.29. The van der Waals surface area contributed by atoms with Gasteiger partial charge in [-0.05, 0) is 31.5 Å². The second-order valence-electron chi connectivity index (χ2n) is 5.41. The maximum Gasteiger partial charge on any atom is 0.0558 e. The summed E-state index contributed by atoms with van der Waals surface area (Å²) >= 11 is 0. The van der Waals surface area contributed by atoms with E-state index in [0.717, 1.165) is 26.2 Å². The van der Waals surface area contributed by atoms with E-state index in [1.165, 1.54) is 10.9 Å². The molecule has 4 nitrogen and oxygen atoms in total. The molecular weight excluding hydrogens is 250 g/mol. The Balaban J connectivity index is 1.78. The lowest BCUT2D eigenvalue weighted by atomic mass is 10.2. The summed E-state index contributed by atoms with van der Waals surface area (Å²) in [4.78, 5) is 2.14. The number of hydrogen-bond donors (Lipinski definition) is 2. The minimum absolute atomic E-state index is 0.221. The van der Waals surface area contributed by atoms with Crippen LogP contribution in [0.2, 0.25) is 0 Å². The maximum atomic E-state index is 8.89. The molecule has 0 aliphatic heterocycles. The van der Waals surface area contributed by atoms with Crippen molar-refractivity contribution >= 4 is 10.9 Å². The summed E-state index contributed by atoms with van der Waals surface area (Å²) in [5.74, 6) is 0. The van der Waals surface area contributed by atoms with Crippen molar-refractivity contribution in [2.24, 2.45) is 0 Å². The lowest BCUT2D eigenvalue weighted by Gasteiger charge is -2.21. The first-order valence-electron chi connectivity index (χ1n) is 7.27. The predicted octanol–water partition coefficient (Wildman–Crippen LogP) is 1.54. The van der Waals surface area contributed by atoms with Crippen LogP contribution in [0.15, 0.2) is 36.5 Å². The van der Waals surface area contributed by atoms with Crippen LogP contribution in [0, 0.1) is 0 Å². The van der Waals surface area contributed by atoms with Crippen LogP contribution in [0.3, 0.4) is 0 Å². The van der Waals surface area contributed by atoms with Crippen molar-refractivity contribution in [1.82, 2.24) is 14.8 Å². The Kier molecular flexibility index (Phi) is 5.59. The molecule has 2 rings (SSSR count). The number of likely N-dealkylation sites (N-methyl/N-ethyl adjacent to an activating group) is 1. The highest BCUT2D eigenvalue weighted by molar-refractivity contribution is 5.79. The van der Waals surface area contributed by atoms with Crippen molar-refractivity contribution in [2.75, 3.05) is 33.3 Å². The van der Waals surface area contributed by atoms with E-state index in [1.807, 2.05) is 7.05 Å². The fraction of sp³-hybridized carbons (Fsp3) is 0.500. The van der Waals surface area contributed by atoms with Gasteiger partial charge in [-0.2, -0.15) is 0 Å². The largest absolute Gasteiger partial charge is 0.395 e. The van der Waals surface area contributed by atoms with Gasteiger partial charge in [-0.1, -0.05) is 18.2 Å². The van der Waals surface area contributed by atoms with Gasteiger partial charge in [0.25, 0.3) is 0 Å². The van der Waals surface area contributed by atoms with Crippen LogP contribution in [0.25, 0.3) is 10.9 Å². The average Bonchev–Trinajstić information content (AvgIpc) is 2.82. The molecule has 1 aromatic heterocycles. The Bertz CT molecular complexity index is 523. The molecule has 1 atom stereocenters. The summed E-state index contributed by atoms with van der Waals surface area (Å²) in [7, 11) is 2.04. The molecule has 20 heavy (non-hydrogen) atoms. The number of nitrogens with zero attached hydrogens (tertiary/aromatic N) is 2. The Hall–Kier alpha value is -1.36. The monoisotopic (exact) mass is 275 g/mol. The second kappa shape index (κ2) is 7.43. The molecule has 0 amide bonds. The van der Waals surface area contributed by atoms with E-state index < -0.39 is 0 Å². The minimum atomic E-state index is 0.221. The number of aliphatic hydroxyl groups excluding tert-OH is 1. The van der Waals surface area contributed by atoms with Crippen molar-refractivity contribution in [1.29, 1.82) is 0 Å². The first kappa shape index (κ1) is 15.0. The van der Waals surface area contributed by atoms with E-state index in [4.69, 9.17) is 5.11 Å². The summed E-state index contributed by atoms with van der Waals surface area (Å²) in [6.45, 7) is 6.01. The van der Waals surface area contributed by atoms with E-state index in [0.29, 0.717) is 6.04 Å². The van der Waals surface area contributed by atoms with Crippen molar-refractivity contribution < 1.29 is 5.11 Å². The van der Waals surface area contributed by atoms with E-state index in [2.05, 4.69) is 58.2 Å². The molecule has 0 saturated carbocycles. The molecular formula is C16H25N3O. The average molecular weight is 275 g/mol. The standard InChI is InChI=1S/C16H25N3O/c1-14(13-18(2)11-12-20)17-8-10-19-9-7-15-5-3-4-6-16(15)19/h3-7,9,14,17,20H,8,10-13H2,1-2H3. The molecule has 0 bridgehead atoms. The number of aromatic nitrogens is 1. The summed E-state index contributed by atoms with van der Waals surface area (Å²) in [6, 6.07) is 11.0. The lowest BCUT2D eigenvalue weighted by Crippen LogP contribution is -2.39. The molecule has 110 valence electrons. The van der Waals surface area contributed by atoms with E-state index in [-0.39, 0.29) is 6.61 Å². The van der Waals surface area contributed by atoms with Gasteiger partial charge in [0, 0.05) is 43.9 Å².